The Bertz CT molecular complexity index is 1870. The van der Waals surface area contributed by atoms with Gasteiger partial charge in [0, 0.05) is 54.7 Å². The number of aromatic nitrogens is 4. The molecule has 4 heterocycles. The minimum absolute atomic E-state index is 0.0691. The van der Waals surface area contributed by atoms with Gasteiger partial charge in [-0.1, -0.05) is 18.2 Å². The largest absolute Gasteiger partial charge is 0.598 e. The van der Waals surface area contributed by atoms with Crippen molar-refractivity contribution in [2.45, 2.75) is 38.3 Å². The molecule has 2 N–H and O–H groups in total. The normalized spacial score (nSPS) is 18.9. The summed E-state index contributed by atoms with van der Waals surface area (Å²) in [5.74, 6) is 0.182. The van der Waals surface area contributed by atoms with E-state index in [-0.39, 0.29) is 35.4 Å². The first-order chi connectivity index (χ1) is 23.1. The Kier molecular flexibility index (Phi) is 9.66. The lowest BCUT2D eigenvalue weighted by Crippen LogP contribution is -2.55. The Labute approximate surface area is 281 Å². The number of likely N-dealkylation sites (tertiary alicyclic amines) is 1. The molecule has 12 nitrogen and oxygen atoms in total. The summed E-state index contributed by atoms with van der Waals surface area (Å²) in [4.78, 5) is 26.3. The van der Waals surface area contributed by atoms with Gasteiger partial charge < -0.3 is 19.9 Å². The summed E-state index contributed by atoms with van der Waals surface area (Å²) in [6.45, 7) is 7.37. The minimum Gasteiger partial charge on any atom is -0.598 e. The second-order valence-electron chi connectivity index (χ2n) is 12.5. The number of hydrogen-bond donors (Lipinski definition) is 1. The number of hydrogen-bond acceptors (Lipinski definition) is 10. The highest BCUT2D eigenvalue weighted by atomic mass is 32.2. The molecule has 0 bridgehead atoms. The van der Waals surface area contributed by atoms with Gasteiger partial charge in [-0.2, -0.15) is 10.4 Å². The molecule has 2 aromatic carbocycles. The number of carbonyl (C=O) groups excluding carboxylic acids is 1. The molecule has 2 aromatic heterocycles. The number of nitrogen functional groups attached to an aromatic ring is 1. The number of fused-ring (bicyclic) bond motifs is 1. The van der Waals surface area contributed by atoms with E-state index in [1.54, 1.807) is 46.2 Å². The highest BCUT2D eigenvalue weighted by molar-refractivity contribution is 7.88. The van der Waals surface area contributed by atoms with E-state index >= 15 is 4.39 Å². The molecule has 2 saturated heterocycles. The first kappa shape index (κ1) is 33.4. The number of anilines is 1. The number of rotatable bonds is 8. The van der Waals surface area contributed by atoms with E-state index in [2.05, 4.69) is 20.9 Å². The van der Waals surface area contributed by atoms with E-state index in [9.17, 15) is 14.6 Å². The van der Waals surface area contributed by atoms with Crippen LogP contribution in [0, 0.1) is 17.1 Å². The van der Waals surface area contributed by atoms with Crippen LogP contribution in [0.3, 0.4) is 0 Å². The Morgan fingerprint density at radius 2 is 1.88 bits per heavy atom. The van der Waals surface area contributed by atoms with Crippen molar-refractivity contribution in [3.05, 3.63) is 72.3 Å². The van der Waals surface area contributed by atoms with Crippen LogP contribution in [0.4, 0.5) is 10.2 Å². The smallest absolute Gasteiger partial charge is 0.264 e. The first-order valence-corrected chi connectivity index (χ1v) is 17.3. The molecule has 0 aliphatic carbocycles. The maximum Gasteiger partial charge on any atom is 0.264 e. The monoisotopic (exact) mass is 671 g/mol. The maximum absolute atomic E-state index is 15.6. The molecule has 48 heavy (non-hydrogen) atoms. The molecule has 14 heteroatoms. The molecule has 0 saturated carbocycles. The van der Waals surface area contributed by atoms with E-state index in [1.807, 2.05) is 36.4 Å². The van der Waals surface area contributed by atoms with Gasteiger partial charge in [0.25, 0.3) is 5.91 Å². The Morgan fingerprint density at radius 3 is 2.56 bits per heavy atom. The highest BCUT2D eigenvalue weighted by Gasteiger charge is 2.34. The molecular formula is C34H38FN9O3S. The van der Waals surface area contributed by atoms with E-state index in [0.29, 0.717) is 73.8 Å². The van der Waals surface area contributed by atoms with Crippen molar-refractivity contribution < 1.29 is 18.5 Å². The van der Waals surface area contributed by atoms with Crippen LogP contribution in [-0.2, 0) is 16.2 Å². The number of halogens is 1. The van der Waals surface area contributed by atoms with E-state index in [1.165, 1.54) is 12.4 Å². The van der Waals surface area contributed by atoms with Gasteiger partial charge in [0.2, 0.25) is 0 Å². The molecule has 2 aliphatic heterocycles. The lowest BCUT2D eigenvalue weighted by Gasteiger charge is -2.42. The van der Waals surface area contributed by atoms with Gasteiger partial charge in [0.1, 0.15) is 53.1 Å². The molecule has 0 radical (unpaired) electrons. The summed E-state index contributed by atoms with van der Waals surface area (Å²) in [5.41, 5.74) is 6.76. The van der Waals surface area contributed by atoms with Crippen LogP contribution in [0.2, 0.25) is 0 Å². The van der Waals surface area contributed by atoms with Gasteiger partial charge in [-0.3, -0.25) is 9.69 Å². The molecule has 4 aromatic rings. The third-order valence-electron chi connectivity index (χ3n) is 8.99. The van der Waals surface area contributed by atoms with Crippen LogP contribution in [0.25, 0.3) is 22.3 Å². The zero-order chi connectivity index (χ0) is 34.0. The van der Waals surface area contributed by atoms with Gasteiger partial charge in [-0.05, 0) is 57.0 Å². The number of para-hydroxylation sites is 1. The molecule has 2 atom stereocenters. The summed E-state index contributed by atoms with van der Waals surface area (Å²) < 4.78 is 37.0. The fourth-order valence-corrected chi connectivity index (χ4v) is 7.11. The average molecular weight is 672 g/mol. The number of nitrogens with zero attached hydrogens (tertiary/aromatic N) is 8. The van der Waals surface area contributed by atoms with Crippen LogP contribution in [0.5, 0.6) is 11.5 Å². The summed E-state index contributed by atoms with van der Waals surface area (Å²) in [5, 5.41) is 15.3. The van der Waals surface area contributed by atoms with Crippen LogP contribution < -0.4 is 10.5 Å². The molecule has 250 valence electrons. The lowest BCUT2D eigenvalue weighted by atomic mass is 9.97. The minimum atomic E-state index is -1.03. The maximum atomic E-state index is 15.6. The summed E-state index contributed by atoms with van der Waals surface area (Å²) >= 11 is -1.03. The van der Waals surface area contributed by atoms with E-state index in [4.69, 9.17) is 15.6 Å². The van der Waals surface area contributed by atoms with E-state index < -0.39 is 22.7 Å². The number of carbonyl (C=O) groups is 1. The topological polar surface area (TPSA) is 152 Å². The SMILES string of the molecule is C[S+]([O-])N1CCN(C(C)(C)C=C(C#N)C(=O)N2CCCC(n3nc(-c4ccc(Oc5ccccc5)cc4F)c4c(N)ncnc43)C2)CC1. The summed E-state index contributed by atoms with van der Waals surface area (Å²) in [6.07, 6.45) is 6.12. The summed E-state index contributed by atoms with van der Waals surface area (Å²) in [7, 11) is 0. The second kappa shape index (κ2) is 13.9. The number of ether oxygens (including phenoxy) is 1. The third kappa shape index (κ3) is 6.86. The fourth-order valence-electron chi connectivity index (χ4n) is 6.43. The van der Waals surface area contributed by atoms with Crippen molar-refractivity contribution in [3.63, 3.8) is 0 Å². The standard InChI is InChI=1S/C34H38FN9O3S/c1-34(2,42-14-16-43(17-15-42)48(3)46)19-23(20-36)33(45)41-13-7-8-24(21-41)44-32-29(31(37)38-22-39-32)30(40-44)27-12-11-26(18-28(27)35)47-25-9-5-4-6-10-25/h4-6,9-12,18-19,22,24H,7-8,13-17,21H2,1-3H3,(H2,37,38,39). The predicted molar refractivity (Wildman–Crippen MR) is 181 cm³/mol. The zero-order valence-corrected chi connectivity index (χ0v) is 28.0. The molecule has 0 spiro atoms. The number of benzene rings is 2. The van der Waals surface area contributed by atoms with Crippen molar-refractivity contribution >= 4 is 34.1 Å². The van der Waals surface area contributed by atoms with Crippen LogP contribution in [-0.4, -0.2) is 95.4 Å². The molecule has 1 amide bonds. The number of piperidine rings is 1. The molecule has 2 fully saturated rings. The Hall–Kier alpha value is -4.55. The fraction of sp³-hybridized carbons (Fsp3) is 0.382. The predicted octanol–water partition coefficient (Wildman–Crippen LogP) is 4.31. The van der Waals surface area contributed by atoms with Gasteiger partial charge in [-0.25, -0.2) is 19.0 Å². The second-order valence-corrected chi connectivity index (χ2v) is 13.9. The lowest BCUT2D eigenvalue weighted by molar-refractivity contribution is -0.128. The average Bonchev–Trinajstić information content (AvgIpc) is 3.48. The van der Waals surface area contributed by atoms with Crippen LogP contribution >= 0.6 is 0 Å². The van der Waals surface area contributed by atoms with Crippen molar-refractivity contribution in [2.75, 3.05) is 51.3 Å². The molecule has 6 rings (SSSR count). The third-order valence-corrected chi connectivity index (χ3v) is 10.1. The zero-order valence-electron chi connectivity index (χ0n) is 27.2. The van der Waals surface area contributed by atoms with Gasteiger partial charge in [-0.15, -0.1) is 4.31 Å². The number of nitrogens with two attached hydrogens (primary N) is 1. The van der Waals surface area contributed by atoms with Gasteiger partial charge in [0.05, 0.1) is 24.5 Å². The molecule has 2 aliphatic rings. The molecular weight excluding hydrogens is 633 g/mol. The Balaban J connectivity index is 1.25. The van der Waals surface area contributed by atoms with Crippen molar-refractivity contribution in [1.29, 1.82) is 5.26 Å². The van der Waals surface area contributed by atoms with Crippen LogP contribution in [0.15, 0.2) is 66.5 Å². The van der Waals surface area contributed by atoms with Gasteiger partial charge >= 0.3 is 0 Å². The quantitative estimate of drug-likeness (QED) is 0.163. The van der Waals surface area contributed by atoms with Crippen LogP contribution in [0.1, 0.15) is 32.7 Å². The highest BCUT2D eigenvalue weighted by Crippen LogP contribution is 2.36. The van der Waals surface area contributed by atoms with Crippen molar-refractivity contribution in [2.24, 2.45) is 0 Å². The number of nitriles is 1. The van der Waals surface area contributed by atoms with Crippen molar-refractivity contribution in [1.82, 2.24) is 33.9 Å². The number of piperazine rings is 1. The van der Waals surface area contributed by atoms with E-state index in [0.717, 1.165) is 0 Å². The Morgan fingerprint density at radius 1 is 1.12 bits per heavy atom. The van der Waals surface area contributed by atoms with Crippen molar-refractivity contribution in [3.8, 4) is 28.8 Å². The number of amides is 1. The first-order valence-electron chi connectivity index (χ1n) is 15.8. The summed E-state index contributed by atoms with van der Waals surface area (Å²) in [6, 6.07) is 15.5. The molecule has 2 unspecified atom stereocenters. The van der Waals surface area contributed by atoms with Gasteiger partial charge in [0.15, 0.2) is 5.65 Å².